The number of halogens is 2. The van der Waals surface area contributed by atoms with Crippen molar-refractivity contribution in [3.63, 3.8) is 0 Å². The molecule has 0 radical (unpaired) electrons. The van der Waals surface area contributed by atoms with E-state index >= 15 is 0 Å². The highest BCUT2D eigenvalue weighted by Crippen LogP contribution is 2.42. The average Bonchev–Trinajstić information content (AvgIpc) is 3.48. The molecule has 0 bridgehead atoms. The molecule has 1 aliphatic rings. The van der Waals surface area contributed by atoms with Gasteiger partial charge in [-0.2, -0.15) is 0 Å². The number of H-pyrrole nitrogens is 1. The minimum atomic E-state index is -1.14. The second-order valence-corrected chi connectivity index (χ2v) is 7.37. The first-order valence-electron chi connectivity index (χ1n) is 9.61. The average molecular weight is 435 g/mol. The lowest BCUT2D eigenvalue weighted by molar-refractivity contribution is -0.132. The molecule has 2 aromatic heterocycles. The number of nitrogens with one attached hydrogen (secondary N) is 1. The fourth-order valence-electron chi connectivity index (χ4n) is 3.80. The largest absolute Gasteiger partial charge is 0.507 e. The Morgan fingerprint density at radius 1 is 1.16 bits per heavy atom. The number of ketones is 1. The number of amides is 1. The Morgan fingerprint density at radius 2 is 1.97 bits per heavy atom. The van der Waals surface area contributed by atoms with Gasteiger partial charge in [0.05, 0.1) is 22.9 Å². The second kappa shape index (κ2) is 7.16. The summed E-state index contributed by atoms with van der Waals surface area (Å²) in [6.45, 7) is 1.52. The molecule has 5 rings (SSSR count). The number of aliphatic hydroxyl groups excluding tert-OH is 1. The van der Waals surface area contributed by atoms with E-state index < -0.39 is 35.1 Å². The van der Waals surface area contributed by atoms with Crippen LogP contribution >= 0.6 is 0 Å². The number of benzene rings is 2. The van der Waals surface area contributed by atoms with Crippen molar-refractivity contribution in [2.75, 3.05) is 4.90 Å². The maximum Gasteiger partial charge on any atom is 0.302 e. The van der Waals surface area contributed by atoms with Crippen molar-refractivity contribution in [3.05, 3.63) is 88.9 Å². The molecule has 3 heterocycles. The van der Waals surface area contributed by atoms with Gasteiger partial charge in [-0.25, -0.2) is 13.8 Å². The number of aromatic amines is 1. The zero-order valence-corrected chi connectivity index (χ0v) is 16.6. The van der Waals surface area contributed by atoms with E-state index in [1.54, 1.807) is 12.1 Å². The standard InChI is InChI=1S/C23H15F2N3O4/c1-11-9-12(4-6-14(11)25)20(29)18-19(17-3-2-8-32-17)28(22(31)21(18)30)23-26-15-7-5-13(24)10-16(15)27-23/h2-10,19,29H,1H3,(H,26,27)/b20-18+. The van der Waals surface area contributed by atoms with Gasteiger partial charge in [-0.3, -0.25) is 14.5 Å². The summed E-state index contributed by atoms with van der Waals surface area (Å²) in [5.41, 5.74) is 0.912. The van der Waals surface area contributed by atoms with Gasteiger partial charge in [-0.15, -0.1) is 0 Å². The van der Waals surface area contributed by atoms with Crippen LogP contribution in [-0.4, -0.2) is 26.8 Å². The van der Waals surface area contributed by atoms with E-state index in [1.807, 2.05) is 0 Å². The van der Waals surface area contributed by atoms with Gasteiger partial charge in [0.1, 0.15) is 29.2 Å². The zero-order chi connectivity index (χ0) is 22.6. The van der Waals surface area contributed by atoms with Crippen LogP contribution in [0.25, 0.3) is 16.8 Å². The van der Waals surface area contributed by atoms with Crippen LogP contribution in [0.3, 0.4) is 0 Å². The summed E-state index contributed by atoms with van der Waals surface area (Å²) in [7, 11) is 0. The number of hydrogen-bond acceptors (Lipinski definition) is 5. The number of imidazole rings is 1. The predicted octanol–water partition coefficient (Wildman–Crippen LogP) is 4.37. The molecule has 1 fully saturated rings. The Kier molecular flexibility index (Phi) is 4.40. The molecule has 0 saturated carbocycles. The summed E-state index contributed by atoms with van der Waals surface area (Å²) in [4.78, 5) is 34.2. The van der Waals surface area contributed by atoms with Crippen LogP contribution < -0.4 is 4.90 Å². The molecule has 0 spiro atoms. The second-order valence-electron chi connectivity index (χ2n) is 7.37. The summed E-state index contributed by atoms with van der Waals surface area (Å²) in [5.74, 6) is -3.16. The molecule has 1 aliphatic heterocycles. The highest BCUT2D eigenvalue weighted by Gasteiger charge is 2.49. The minimum Gasteiger partial charge on any atom is -0.507 e. The van der Waals surface area contributed by atoms with Crippen LogP contribution in [-0.2, 0) is 9.59 Å². The number of rotatable bonds is 3. The highest BCUT2D eigenvalue weighted by atomic mass is 19.1. The predicted molar refractivity (Wildman–Crippen MR) is 111 cm³/mol. The quantitative estimate of drug-likeness (QED) is 0.283. The molecule has 0 aliphatic carbocycles. The van der Waals surface area contributed by atoms with Gasteiger partial charge in [-0.1, -0.05) is 0 Å². The van der Waals surface area contributed by atoms with Gasteiger partial charge in [0.25, 0.3) is 5.78 Å². The first-order valence-corrected chi connectivity index (χ1v) is 9.61. The number of aryl methyl sites for hydroxylation is 1. The number of furan rings is 1. The summed E-state index contributed by atoms with van der Waals surface area (Å²) in [6.07, 6.45) is 1.37. The van der Waals surface area contributed by atoms with Crippen LogP contribution in [0.15, 0.2) is 64.8 Å². The van der Waals surface area contributed by atoms with Crippen LogP contribution in [0.5, 0.6) is 0 Å². The fraction of sp³-hybridized carbons (Fsp3) is 0.0870. The molecule has 9 heteroatoms. The van der Waals surface area contributed by atoms with E-state index in [9.17, 15) is 23.5 Å². The van der Waals surface area contributed by atoms with E-state index in [0.717, 1.165) is 11.0 Å². The number of aromatic nitrogens is 2. The summed E-state index contributed by atoms with van der Waals surface area (Å²) in [6, 6.07) is 9.71. The molecule has 7 nitrogen and oxygen atoms in total. The zero-order valence-electron chi connectivity index (χ0n) is 16.6. The van der Waals surface area contributed by atoms with Gasteiger partial charge in [0.2, 0.25) is 5.95 Å². The number of anilines is 1. The monoisotopic (exact) mass is 435 g/mol. The maximum absolute atomic E-state index is 13.7. The normalized spacial score (nSPS) is 18.1. The van der Waals surface area contributed by atoms with Gasteiger partial charge >= 0.3 is 5.91 Å². The van der Waals surface area contributed by atoms with Crippen molar-refractivity contribution >= 4 is 34.4 Å². The molecule has 1 amide bonds. The van der Waals surface area contributed by atoms with Crippen molar-refractivity contribution in [1.29, 1.82) is 0 Å². The maximum atomic E-state index is 13.7. The molecule has 4 aromatic rings. The first-order chi connectivity index (χ1) is 15.3. The number of nitrogens with zero attached hydrogens (tertiary/aromatic N) is 2. The summed E-state index contributed by atoms with van der Waals surface area (Å²) >= 11 is 0. The van der Waals surface area contributed by atoms with Gasteiger partial charge in [0, 0.05) is 5.56 Å². The van der Waals surface area contributed by atoms with Crippen molar-refractivity contribution in [3.8, 4) is 0 Å². The topological polar surface area (TPSA) is 99.4 Å². The van der Waals surface area contributed by atoms with E-state index in [4.69, 9.17) is 4.42 Å². The fourth-order valence-corrected chi connectivity index (χ4v) is 3.80. The Bertz CT molecular complexity index is 1420. The SMILES string of the molecule is Cc1cc(/C(O)=C2\C(=O)C(=O)N(c3nc4ccc(F)cc4[nH]3)C2c2ccco2)ccc1F. The number of aliphatic hydroxyl groups is 1. The smallest absolute Gasteiger partial charge is 0.302 e. The molecule has 32 heavy (non-hydrogen) atoms. The van der Waals surface area contributed by atoms with Gasteiger partial charge in [0.15, 0.2) is 0 Å². The summed E-state index contributed by atoms with van der Waals surface area (Å²) < 4.78 is 32.8. The highest BCUT2D eigenvalue weighted by molar-refractivity contribution is 6.51. The lowest BCUT2D eigenvalue weighted by atomic mass is 9.98. The minimum absolute atomic E-state index is 0.0107. The number of carbonyl (C=O) groups is 2. The van der Waals surface area contributed by atoms with Crippen molar-refractivity contribution in [2.24, 2.45) is 0 Å². The van der Waals surface area contributed by atoms with E-state index in [1.165, 1.54) is 43.5 Å². The van der Waals surface area contributed by atoms with Crippen molar-refractivity contribution < 1.29 is 27.9 Å². The lowest BCUT2D eigenvalue weighted by Crippen LogP contribution is -2.30. The molecular formula is C23H15F2N3O4. The molecule has 2 N–H and O–H groups in total. The number of Topliss-reactive ketones (excluding diaryl/α,β-unsaturated/α-hetero) is 1. The number of carbonyl (C=O) groups excluding carboxylic acids is 2. The number of hydrogen-bond donors (Lipinski definition) is 2. The molecule has 1 atom stereocenters. The van der Waals surface area contributed by atoms with E-state index in [2.05, 4.69) is 9.97 Å². The first kappa shape index (κ1) is 19.7. The summed E-state index contributed by atoms with van der Waals surface area (Å²) in [5, 5.41) is 11.0. The van der Waals surface area contributed by atoms with Crippen LogP contribution in [0.4, 0.5) is 14.7 Å². The Morgan fingerprint density at radius 3 is 2.69 bits per heavy atom. The molecular weight excluding hydrogens is 420 g/mol. The van der Waals surface area contributed by atoms with Crippen LogP contribution in [0.2, 0.25) is 0 Å². The van der Waals surface area contributed by atoms with Crippen LogP contribution in [0, 0.1) is 18.6 Å². The third-order valence-corrected chi connectivity index (χ3v) is 5.35. The van der Waals surface area contributed by atoms with Crippen LogP contribution in [0.1, 0.15) is 22.9 Å². The molecule has 1 saturated heterocycles. The van der Waals surface area contributed by atoms with E-state index in [0.29, 0.717) is 11.0 Å². The Hall–Kier alpha value is -4.27. The Balaban J connectivity index is 1.71. The number of fused-ring (bicyclic) bond motifs is 1. The third-order valence-electron chi connectivity index (χ3n) is 5.35. The lowest BCUT2D eigenvalue weighted by Gasteiger charge is -2.20. The Labute approximate surface area is 179 Å². The molecule has 1 unspecified atom stereocenters. The molecule has 2 aromatic carbocycles. The van der Waals surface area contributed by atoms with E-state index in [-0.39, 0.29) is 28.4 Å². The van der Waals surface area contributed by atoms with Crippen molar-refractivity contribution in [1.82, 2.24) is 9.97 Å². The van der Waals surface area contributed by atoms with Gasteiger partial charge < -0.3 is 14.5 Å². The van der Waals surface area contributed by atoms with Gasteiger partial charge in [-0.05, 0) is 61.0 Å². The molecule has 160 valence electrons. The van der Waals surface area contributed by atoms with Crippen molar-refractivity contribution in [2.45, 2.75) is 13.0 Å². The third kappa shape index (κ3) is 2.97.